The summed E-state index contributed by atoms with van der Waals surface area (Å²) in [5.41, 5.74) is 0.739. The summed E-state index contributed by atoms with van der Waals surface area (Å²) in [6, 6.07) is 1.95. The van der Waals surface area contributed by atoms with Crippen LogP contribution in [0.5, 0.6) is 0 Å². The third-order valence-corrected chi connectivity index (χ3v) is 3.98. The molecule has 1 N–H and O–H groups in total. The van der Waals surface area contributed by atoms with Gasteiger partial charge >= 0.3 is 0 Å². The van der Waals surface area contributed by atoms with Crippen LogP contribution < -0.4 is 5.32 Å². The third kappa shape index (κ3) is 2.33. The van der Waals surface area contributed by atoms with Crippen LogP contribution in [-0.2, 0) is 6.54 Å². The van der Waals surface area contributed by atoms with Gasteiger partial charge in [0.1, 0.15) is 0 Å². The Balaban J connectivity index is 1.99. The zero-order valence-corrected chi connectivity index (χ0v) is 10.9. The van der Waals surface area contributed by atoms with Gasteiger partial charge < -0.3 is 9.84 Å². The van der Waals surface area contributed by atoms with E-state index in [-0.39, 0.29) is 11.7 Å². The van der Waals surface area contributed by atoms with E-state index >= 15 is 0 Å². The van der Waals surface area contributed by atoms with Gasteiger partial charge in [0.25, 0.3) is 5.91 Å². The molecule has 0 radical (unpaired) electrons. The van der Waals surface area contributed by atoms with Crippen LogP contribution in [0.3, 0.4) is 0 Å². The van der Waals surface area contributed by atoms with E-state index in [1.165, 1.54) is 6.20 Å². The van der Waals surface area contributed by atoms with Gasteiger partial charge in [-0.15, -0.1) is 11.3 Å². The van der Waals surface area contributed by atoms with Crippen molar-refractivity contribution in [2.75, 3.05) is 0 Å². The maximum atomic E-state index is 11.7. The van der Waals surface area contributed by atoms with E-state index < -0.39 is 0 Å². The Morgan fingerprint density at radius 3 is 3.06 bits per heavy atom. The number of thiophene rings is 1. The summed E-state index contributed by atoms with van der Waals surface area (Å²) in [6.07, 6.45) is 1.52. The second-order valence-corrected chi connectivity index (χ2v) is 5.07. The first-order valence-electron chi connectivity index (χ1n) is 4.60. The average molecular weight is 301 g/mol. The minimum Gasteiger partial charge on any atom is -0.351 e. The van der Waals surface area contributed by atoms with Gasteiger partial charge in [0.2, 0.25) is 5.76 Å². The first-order chi connectivity index (χ1) is 7.68. The molecule has 84 valence electrons. The standard InChI is InChI=1S/C10H9BrN2O2S/c1-6-4-13-15-9(6)10(14)12-5-8-7(11)2-3-16-8/h2-4H,5H2,1H3,(H,12,14). The number of carbonyl (C=O) groups is 1. The molecule has 2 aromatic heterocycles. The molecule has 0 fully saturated rings. The fourth-order valence-corrected chi connectivity index (χ4v) is 2.63. The zero-order valence-electron chi connectivity index (χ0n) is 8.49. The summed E-state index contributed by atoms with van der Waals surface area (Å²) >= 11 is 4.99. The second-order valence-electron chi connectivity index (χ2n) is 3.21. The van der Waals surface area contributed by atoms with Crippen LogP contribution in [0.25, 0.3) is 0 Å². The SMILES string of the molecule is Cc1cnoc1C(=O)NCc1sccc1Br. The van der Waals surface area contributed by atoms with Crippen molar-refractivity contribution in [1.82, 2.24) is 10.5 Å². The van der Waals surface area contributed by atoms with Crippen LogP contribution in [0.4, 0.5) is 0 Å². The van der Waals surface area contributed by atoms with E-state index in [1.54, 1.807) is 18.3 Å². The van der Waals surface area contributed by atoms with Gasteiger partial charge in [-0.05, 0) is 34.3 Å². The lowest BCUT2D eigenvalue weighted by Crippen LogP contribution is -2.22. The molecule has 6 heteroatoms. The molecule has 16 heavy (non-hydrogen) atoms. The third-order valence-electron chi connectivity index (χ3n) is 2.06. The highest BCUT2D eigenvalue weighted by Crippen LogP contribution is 2.22. The van der Waals surface area contributed by atoms with Crippen molar-refractivity contribution in [3.8, 4) is 0 Å². The molecule has 0 aliphatic heterocycles. The molecule has 0 aliphatic rings. The van der Waals surface area contributed by atoms with Crippen LogP contribution >= 0.6 is 27.3 Å². The van der Waals surface area contributed by atoms with Crippen molar-refractivity contribution in [3.63, 3.8) is 0 Å². The summed E-state index contributed by atoms with van der Waals surface area (Å²) < 4.78 is 5.86. The molecule has 0 saturated carbocycles. The van der Waals surface area contributed by atoms with Crippen LogP contribution in [-0.4, -0.2) is 11.1 Å². The fraction of sp³-hybridized carbons (Fsp3) is 0.200. The molecule has 2 heterocycles. The molecule has 0 aromatic carbocycles. The summed E-state index contributed by atoms with van der Waals surface area (Å²) in [4.78, 5) is 12.8. The maximum absolute atomic E-state index is 11.7. The van der Waals surface area contributed by atoms with E-state index in [1.807, 2.05) is 11.4 Å². The Labute approximate surface area is 105 Å². The number of rotatable bonds is 3. The molecule has 0 spiro atoms. The maximum Gasteiger partial charge on any atom is 0.290 e. The molecule has 0 unspecified atom stereocenters. The Morgan fingerprint density at radius 1 is 1.69 bits per heavy atom. The van der Waals surface area contributed by atoms with Gasteiger partial charge in [0, 0.05) is 14.9 Å². The van der Waals surface area contributed by atoms with Gasteiger partial charge in [-0.3, -0.25) is 4.79 Å². The van der Waals surface area contributed by atoms with Crippen molar-refractivity contribution in [2.24, 2.45) is 0 Å². The van der Waals surface area contributed by atoms with Crippen molar-refractivity contribution < 1.29 is 9.32 Å². The van der Waals surface area contributed by atoms with Crippen LogP contribution in [0.1, 0.15) is 21.0 Å². The number of nitrogens with zero attached hydrogens (tertiary/aromatic N) is 1. The Kier molecular flexibility index (Phi) is 3.40. The van der Waals surface area contributed by atoms with Gasteiger partial charge in [-0.25, -0.2) is 0 Å². The number of nitrogens with one attached hydrogen (secondary N) is 1. The highest BCUT2D eigenvalue weighted by molar-refractivity contribution is 9.10. The van der Waals surface area contributed by atoms with E-state index in [0.717, 1.165) is 14.9 Å². The number of hydrogen-bond acceptors (Lipinski definition) is 4. The summed E-state index contributed by atoms with van der Waals surface area (Å²) in [5, 5.41) is 8.30. The first-order valence-corrected chi connectivity index (χ1v) is 6.27. The van der Waals surface area contributed by atoms with Crippen LogP contribution in [0.15, 0.2) is 26.6 Å². The van der Waals surface area contributed by atoms with Gasteiger partial charge in [0.15, 0.2) is 0 Å². The summed E-state index contributed by atoms with van der Waals surface area (Å²) in [7, 11) is 0. The molecule has 0 atom stereocenters. The number of hydrogen-bond donors (Lipinski definition) is 1. The molecule has 0 saturated heterocycles. The van der Waals surface area contributed by atoms with Gasteiger partial charge in [-0.1, -0.05) is 5.16 Å². The van der Waals surface area contributed by atoms with E-state index in [2.05, 4.69) is 26.4 Å². The van der Waals surface area contributed by atoms with E-state index in [4.69, 9.17) is 4.52 Å². The number of amides is 1. The molecule has 2 rings (SSSR count). The van der Waals surface area contributed by atoms with Gasteiger partial charge in [-0.2, -0.15) is 0 Å². The van der Waals surface area contributed by atoms with E-state index in [0.29, 0.717) is 6.54 Å². The molecule has 4 nitrogen and oxygen atoms in total. The monoisotopic (exact) mass is 300 g/mol. The molecule has 1 amide bonds. The molecule has 2 aromatic rings. The largest absolute Gasteiger partial charge is 0.351 e. The fourth-order valence-electron chi connectivity index (χ4n) is 1.20. The lowest BCUT2D eigenvalue weighted by atomic mass is 10.3. The number of carbonyl (C=O) groups excluding carboxylic acids is 1. The smallest absolute Gasteiger partial charge is 0.290 e. The number of aryl methyl sites for hydroxylation is 1. The predicted molar refractivity (Wildman–Crippen MR) is 64.4 cm³/mol. The van der Waals surface area contributed by atoms with Crippen molar-refractivity contribution in [2.45, 2.75) is 13.5 Å². The molecular weight excluding hydrogens is 292 g/mol. The van der Waals surface area contributed by atoms with E-state index in [9.17, 15) is 4.79 Å². The van der Waals surface area contributed by atoms with Gasteiger partial charge in [0.05, 0.1) is 12.7 Å². The van der Waals surface area contributed by atoms with Crippen molar-refractivity contribution in [3.05, 3.63) is 38.3 Å². The summed E-state index contributed by atoms with van der Waals surface area (Å²) in [5.74, 6) is 0.0305. The highest BCUT2D eigenvalue weighted by Gasteiger charge is 2.14. The average Bonchev–Trinajstić information content (AvgIpc) is 2.84. The Hall–Kier alpha value is -1.14. The minimum atomic E-state index is -0.240. The first kappa shape index (κ1) is 11.3. The summed E-state index contributed by atoms with van der Waals surface area (Å²) in [6.45, 7) is 2.27. The van der Waals surface area contributed by atoms with Crippen molar-refractivity contribution >= 4 is 33.2 Å². The quantitative estimate of drug-likeness (QED) is 0.948. The molecular formula is C10H9BrN2O2S. The number of aromatic nitrogens is 1. The predicted octanol–water partition coefficient (Wildman–Crippen LogP) is 2.74. The van der Waals surface area contributed by atoms with Crippen molar-refractivity contribution in [1.29, 1.82) is 0 Å². The topological polar surface area (TPSA) is 55.1 Å². The van der Waals surface area contributed by atoms with Crippen LogP contribution in [0, 0.1) is 6.92 Å². The highest BCUT2D eigenvalue weighted by atomic mass is 79.9. The Bertz CT molecular complexity index is 506. The molecule has 0 bridgehead atoms. The lowest BCUT2D eigenvalue weighted by molar-refractivity contribution is 0.0913. The van der Waals surface area contributed by atoms with Crippen LogP contribution in [0.2, 0.25) is 0 Å². The second kappa shape index (κ2) is 4.80. The zero-order chi connectivity index (χ0) is 11.5. The Morgan fingerprint density at radius 2 is 2.50 bits per heavy atom. The normalized spacial score (nSPS) is 10.4. The molecule has 0 aliphatic carbocycles. The lowest BCUT2D eigenvalue weighted by Gasteiger charge is -2.01. The number of halogens is 1. The minimum absolute atomic E-state index is 0.240.